The summed E-state index contributed by atoms with van der Waals surface area (Å²) in [6, 6.07) is 5.76. The number of thiazole rings is 1. The van der Waals surface area contributed by atoms with E-state index in [9.17, 15) is 9.90 Å². The fourth-order valence-corrected chi connectivity index (χ4v) is 4.04. The summed E-state index contributed by atoms with van der Waals surface area (Å²) in [5.74, 6) is 0.131. The Bertz CT molecular complexity index is 1160. The lowest BCUT2D eigenvalue weighted by atomic mass is 10.1. The molecular weight excluding hydrogens is 368 g/mol. The van der Waals surface area contributed by atoms with Gasteiger partial charge in [-0.2, -0.15) is 5.10 Å². The highest BCUT2D eigenvalue weighted by atomic mass is 32.1. The zero-order valence-corrected chi connectivity index (χ0v) is 14.9. The first-order chi connectivity index (χ1) is 13.2. The van der Waals surface area contributed by atoms with Gasteiger partial charge in [-0.05, 0) is 6.07 Å². The number of ether oxygens (including phenoxy) is 1. The molecule has 27 heavy (non-hydrogen) atoms. The van der Waals surface area contributed by atoms with Crippen molar-refractivity contribution in [1.29, 1.82) is 0 Å². The van der Waals surface area contributed by atoms with E-state index in [2.05, 4.69) is 25.1 Å². The summed E-state index contributed by atoms with van der Waals surface area (Å²) in [5, 5.41) is 17.3. The number of H-pyrrole nitrogens is 1. The SMILES string of the molecule is O=C(O)c1nc2nc(-c3cccc4[nH]ncc34)nc(N3CCOCC3)c2s1. The molecule has 5 rings (SSSR count). The van der Waals surface area contributed by atoms with Gasteiger partial charge in [0.1, 0.15) is 4.70 Å². The number of benzene rings is 1. The van der Waals surface area contributed by atoms with Gasteiger partial charge in [-0.3, -0.25) is 5.10 Å². The highest BCUT2D eigenvalue weighted by molar-refractivity contribution is 7.20. The number of nitrogens with zero attached hydrogens (tertiary/aromatic N) is 5. The quantitative estimate of drug-likeness (QED) is 0.554. The van der Waals surface area contributed by atoms with E-state index in [4.69, 9.17) is 9.72 Å². The number of morpholine rings is 1. The van der Waals surface area contributed by atoms with Gasteiger partial charge in [0.05, 0.1) is 24.9 Å². The van der Waals surface area contributed by atoms with Crippen LogP contribution in [0.5, 0.6) is 0 Å². The van der Waals surface area contributed by atoms with Crippen molar-refractivity contribution >= 4 is 44.4 Å². The fourth-order valence-electron chi connectivity index (χ4n) is 3.17. The standard InChI is InChI=1S/C17H14N6O3S/c24-17(25)16-21-14-12(27-16)15(23-4-6-26-7-5-23)20-13(19-14)9-2-1-3-11-10(9)8-18-22-11/h1-3,8H,4-7H2,(H,18,22)(H,24,25). The second kappa shape index (κ2) is 6.25. The van der Waals surface area contributed by atoms with Gasteiger partial charge in [0.15, 0.2) is 17.3 Å². The van der Waals surface area contributed by atoms with Crippen LogP contribution in [0.25, 0.3) is 32.6 Å². The lowest BCUT2D eigenvalue weighted by Gasteiger charge is -2.28. The van der Waals surface area contributed by atoms with Crippen molar-refractivity contribution in [1.82, 2.24) is 25.1 Å². The van der Waals surface area contributed by atoms with E-state index >= 15 is 0 Å². The van der Waals surface area contributed by atoms with E-state index in [0.29, 0.717) is 48.3 Å². The molecule has 3 aromatic heterocycles. The Balaban J connectivity index is 1.75. The molecule has 1 aromatic carbocycles. The summed E-state index contributed by atoms with van der Waals surface area (Å²) in [6.07, 6.45) is 1.73. The van der Waals surface area contributed by atoms with Gasteiger partial charge in [-0.25, -0.2) is 19.7 Å². The maximum atomic E-state index is 11.4. The third-order valence-electron chi connectivity index (χ3n) is 4.46. The predicted octanol–water partition coefficient (Wildman–Crippen LogP) is 2.16. The van der Waals surface area contributed by atoms with Crippen LogP contribution in [0.3, 0.4) is 0 Å². The average Bonchev–Trinajstić information content (AvgIpc) is 3.34. The number of aromatic amines is 1. The largest absolute Gasteiger partial charge is 0.476 e. The van der Waals surface area contributed by atoms with Gasteiger partial charge in [0, 0.05) is 24.0 Å². The minimum absolute atomic E-state index is 0.00693. The first-order valence-electron chi connectivity index (χ1n) is 8.38. The number of carboxylic acid groups (broad SMARTS) is 1. The first kappa shape index (κ1) is 16.1. The fraction of sp³-hybridized carbons (Fsp3) is 0.235. The maximum absolute atomic E-state index is 11.4. The molecule has 2 N–H and O–H groups in total. The normalized spacial score (nSPS) is 14.9. The van der Waals surface area contributed by atoms with Gasteiger partial charge in [0.2, 0.25) is 5.01 Å². The topological polar surface area (TPSA) is 117 Å². The summed E-state index contributed by atoms with van der Waals surface area (Å²) in [5.41, 5.74) is 2.10. The number of carbonyl (C=O) groups is 1. The number of hydrogen-bond acceptors (Lipinski definition) is 8. The highest BCUT2D eigenvalue weighted by Crippen LogP contribution is 2.34. The van der Waals surface area contributed by atoms with Crippen LogP contribution in [0.15, 0.2) is 24.4 Å². The second-order valence-corrected chi connectivity index (χ2v) is 7.08. The molecule has 1 saturated heterocycles. The van der Waals surface area contributed by atoms with Crippen LogP contribution < -0.4 is 4.90 Å². The molecule has 0 unspecified atom stereocenters. The van der Waals surface area contributed by atoms with E-state index in [-0.39, 0.29) is 5.01 Å². The number of anilines is 1. The van der Waals surface area contributed by atoms with Crippen LogP contribution in [0.2, 0.25) is 0 Å². The van der Waals surface area contributed by atoms with E-state index < -0.39 is 5.97 Å². The number of fused-ring (bicyclic) bond motifs is 2. The third-order valence-corrected chi connectivity index (χ3v) is 5.48. The van der Waals surface area contributed by atoms with E-state index in [1.165, 1.54) is 0 Å². The van der Waals surface area contributed by atoms with Gasteiger partial charge in [-0.1, -0.05) is 12.1 Å². The Morgan fingerprint density at radius 1 is 1.22 bits per heavy atom. The Labute approximate surface area is 156 Å². The molecule has 4 aromatic rings. The summed E-state index contributed by atoms with van der Waals surface area (Å²) in [4.78, 5) is 27.1. The smallest absolute Gasteiger partial charge is 0.365 e. The number of aromatic nitrogens is 5. The van der Waals surface area contributed by atoms with Crippen molar-refractivity contribution in [3.05, 3.63) is 29.4 Å². The summed E-state index contributed by atoms with van der Waals surface area (Å²) in [7, 11) is 0. The molecule has 1 aliphatic heterocycles. The van der Waals surface area contributed by atoms with E-state index in [1.54, 1.807) is 6.20 Å². The Morgan fingerprint density at radius 3 is 2.89 bits per heavy atom. The zero-order valence-electron chi connectivity index (χ0n) is 14.0. The molecule has 1 fully saturated rings. The number of aromatic carboxylic acids is 1. The lowest BCUT2D eigenvalue weighted by molar-refractivity contribution is 0.0696. The molecule has 0 aliphatic carbocycles. The van der Waals surface area contributed by atoms with Crippen molar-refractivity contribution in [3.8, 4) is 11.4 Å². The molecule has 0 atom stereocenters. The maximum Gasteiger partial charge on any atom is 0.365 e. The minimum Gasteiger partial charge on any atom is -0.476 e. The molecule has 0 bridgehead atoms. The molecule has 4 heterocycles. The van der Waals surface area contributed by atoms with Crippen molar-refractivity contribution in [2.24, 2.45) is 0 Å². The monoisotopic (exact) mass is 382 g/mol. The van der Waals surface area contributed by atoms with Gasteiger partial charge in [0.25, 0.3) is 0 Å². The van der Waals surface area contributed by atoms with Crippen LogP contribution in [0, 0.1) is 0 Å². The van der Waals surface area contributed by atoms with Crippen LogP contribution in [0.1, 0.15) is 9.80 Å². The Hall–Kier alpha value is -3.11. The predicted molar refractivity (Wildman–Crippen MR) is 100 cm³/mol. The third kappa shape index (κ3) is 2.69. The minimum atomic E-state index is -1.07. The van der Waals surface area contributed by atoms with Crippen molar-refractivity contribution < 1.29 is 14.6 Å². The molecule has 136 valence electrons. The summed E-state index contributed by atoms with van der Waals surface area (Å²) < 4.78 is 6.11. The summed E-state index contributed by atoms with van der Waals surface area (Å²) >= 11 is 1.10. The van der Waals surface area contributed by atoms with Crippen molar-refractivity contribution in [2.45, 2.75) is 0 Å². The molecule has 10 heteroatoms. The number of nitrogens with one attached hydrogen (secondary N) is 1. The van der Waals surface area contributed by atoms with Crippen molar-refractivity contribution in [3.63, 3.8) is 0 Å². The molecular formula is C17H14N6O3S. The van der Waals surface area contributed by atoms with Crippen molar-refractivity contribution in [2.75, 3.05) is 31.2 Å². The number of rotatable bonds is 3. The second-order valence-electron chi connectivity index (χ2n) is 6.08. The molecule has 1 aliphatic rings. The van der Waals surface area contributed by atoms with Gasteiger partial charge in [-0.15, -0.1) is 11.3 Å². The van der Waals surface area contributed by atoms with Gasteiger partial charge < -0.3 is 14.7 Å². The van der Waals surface area contributed by atoms with Crippen LogP contribution in [-0.2, 0) is 4.74 Å². The molecule has 0 saturated carbocycles. The Kier molecular flexibility index (Phi) is 3.73. The zero-order chi connectivity index (χ0) is 18.4. The lowest BCUT2D eigenvalue weighted by Crippen LogP contribution is -2.36. The molecule has 9 nitrogen and oxygen atoms in total. The molecule has 0 radical (unpaired) electrons. The van der Waals surface area contributed by atoms with Crippen LogP contribution in [0.4, 0.5) is 5.82 Å². The summed E-state index contributed by atoms with van der Waals surface area (Å²) in [6.45, 7) is 2.56. The number of hydrogen-bond donors (Lipinski definition) is 2. The van der Waals surface area contributed by atoms with Gasteiger partial charge >= 0.3 is 5.97 Å². The molecule has 0 amide bonds. The first-order valence-corrected chi connectivity index (χ1v) is 9.19. The van der Waals surface area contributed by atoms with Crippen LogP contribution >= 0.6 is 11.3 Å². The van der Waals surface area contributed by atoms with E-state index in [1.807, 2.05) is 18.2 Å². The number of carboxylic acids is 1. The average molecular weight is 382 g/mol. The van der Waals surface area contributed by atoms with Crippen LogP contribution in [-0.4, -0.2) is 62.5 Å². The van der Waals surface area contributed by atoms with E-state index in [0.717, 1.165) is 27.8 Å². The molecule has 0 spiro atoms. The highest BCUT2D eigenvalue weighted by Gasteiger charge is 2.23. The Morgan fingerprint density at radius 2 is 2.07 bits per heavy atom.